The summed E-state index contributed by atoms with van der Waals surface area (Å²) in [6.45, 7) is 1.90. The van der Waals surface area contributed by atoms with Gasteiger partial charge in [0.25, 0.3) is 0 Å². The molecule has 3 heteroatoms. The lowest BCUT2D eigenvalue weighted by atomic mass is 9.82. The van der Waals surface area contributed by atoms with E-state index < -0.39 is 0 Å². The fraction of sp³-hybridized carbons (Fsp3) is 0.588. The third kappa shape index (κ3) is 2.93. The minimum Gasteiger partial charge on any atom is -0.299 e. The van der Waals surface area contributed by atoms with Crippen molar-refractivity contribution >= 4 is 5.78 Å². The van der Waals surface area contributed by atoms with Crippen molar-refractivity contribution in [3.05, 3.63) is 35.6 Å². The van der Waals surface area contributed by atoms with Gasteiger partial charge in [0.15, 0.2) is 0 Å². The van der Waals surface area contributed by atoms with E-state index in [1.807, 2.05) is 12.1 Å². The van der Waals surface area contributed by atoms with E-state index >= 15 is 0 Å². The number of halogens is 1. The Kier molecular flexibility index (Phi) is 4.16. The number of nitrogens with zero attached hydrogens (tertiary/aromatic N) is 1. The molecule has 1 saturated heterocycles. The van der Waals surface area contributed by atoms with Gasteiger partial charge >= 0.3 is 0 Å². The topological polar surface area (TPSA) is 20.3 Å². The van der Waals surface area contributed by atoms with Crippen LogP contribution in [0.3, 0.4) is 0 Å². The van der Waals surface area contributed by atoms with Crippen LogP contribution in [-0.2, 0) is 11.3 Å². The first kappa shape index (κ1) is 13.7. The van der Waals surface area contributed by atoms with Crippen molar-refractivity contribution in [1.82, 2.24) is 4.90 Å². The highest BCUT2D eigenvalue weighted by Crippen LogP contribution is 2.33. The first-order chi connectivity index (χ1) is 9.74. The highest BCUT2D eigenvalue weighted by Gasteiger charge is 2.36. The average molecular weight is 275 g/mol. The zero-order valence-corrected chi connectivity index (χ0v) is 11.9. The molecule has 0 aromatic heterocycles. The molecule has 0 bridgehead atoms. The maximum Gasteiger partial charge on any atom is 0.137 e. The van der Waals surface area contributed by atoms with Gasteiger partial charge in [0, 0.05) is 24.9 Å². The molecule has 2 fully saturated rings. The van der Waals surface area contributed by atoms with Gasteiger partial charge in [0.1, 0.15) is 11.6 Å². The molecule has 1 aromatic rings. The summed E-state index contributed by atoms with van der Waals surface area (Å²) >= 11 is 0. The van der Waals surface area contributed by atoms with E-state index in [1.54, 1.807) is 0 Å². The molecule has 1 heterocycles. The van der Waals surface area contributed by atoms with Gasteiger partial charge in [-0.2, -0.15) is 0 Å². The number of hydrogen-bond donors (Lipinski definition) is 0. The minimum absolute atomic E-state index is 0.186. The van der Waals surface area contributed by atoms with Crippen molar-refractivity contribution in [2.45, 2.75) is 51.1 Å². The Morgan fingerprint density at radius 3 is 2.65 bits per heavy atom. The molecule has 20 heavy (non-hydrogen) atoms. The van der Waals surface area contributed by atoms with Crippen LogP contribution < -0.4 is 0 Å². The molecule has 0 amide bonds. The van der Waals surface area contributed by atoms with Gasteiger partial charge in [-0.1, -0.05) is 18.6 Å². The number of benzene rings is 1. The van der Waals surface area contributed by atoms with Crippen molar-refractivity contribution < 1.29 is 9.18 Å². The number of likely N-dealkylation sites (tertiary alicyclic amines) is 1. The molecule has 1 aromatic carbocycles. The quantitative estimate of drug-likeness (QED) is 0.841. The van der Waals surface area contributed by atoms with E-state index in [-0.39, 0.29) is 11.7 Å². The molecule has 2 atom stereocenters. The lowest BCUT2D eigenvalue weighted by Crippen LogP contribution is -2.40. The van der Waals surface area contributed by atoms with Crippen molar-refractivity contribution in [2.75, 3.05) is 6.54 Å². The van der Waals surface area contributed by atoms with Crippen LogP contribution in [-0.4, -0.2) is 23.3 Å². The van der Waals surface area contributed by atoms with E-state index in [0.29, 0.717) is 11.8 Å². The van der Waals surface area contributed by atoms with E-state index in [9.17, 15) is 9.18 Å². The van der Waals surface area contributed by atoms with E-state index in [1.165, 1.54) is 25.0 Å². The molecule has 1 aliphatic carbocycles. The summed E-state index contributed by atoms with van der Waals surface area (Å²) < 4.78 is 13.0. The van der Waals surface area contributed by atoms with Gasteiger partial charge < -0.3 is 0 Å². The number of Topliss-reactive ketones (excluding diaryl/α,β-unsaturated/α-hetero) is 1. The molecule has 0 spiro atoms. The van der Waals surface area contributed by atoms with Crippen molar-refractivity contribution in [2.24, 2.45) is 5.92 Å². The number of rotatable bonds is 3. The van der Waals surface area contributed by atoms with Crippen LogP contribution in [0.15, 0.2) is 24.3 Å². The maximum absolute atomic E-state index is 13.0. The molecule has 2 aliphatic rings. The molecule has 2 nitrogen and oxygen atoms in total. The molecule has 0 radical (unpaired) electrons. The fourth-order valence-electron chi connectivity index (χ4n) is 3.75. The Balaban J connectivity index is 1.68. The number of carbonyl (C=O) groups is 1. The zero-order valence-electron chi connectivity index (χ0n) is 11.9. The van der Waals surface area contributed by atoms with Crippen LogP contribution >= 0.6 is 0 Å². The summed E-state index contributed by atoms with van der Waals surface area (Å²) in [5.41, 5.74) is 1.14. The van der Waals surface area contributed by atoms with Gasteiger partial charge in [-0.15, -0.1) is 0 Å². The van der Waals surface area contributed by atoms with Crippen LogP contribution in [0.1, 0.15) is 44.1 Å². The summed E-state index contributed by atoms with van der Waals surface area (Å²) in [5.74, 6) is 0.521. The molecule has 0 N–H and O–H groups in total. The summed E-state index contributed by atoms with van der Waals surface area (Å²) in [4.78, 5) is 14.6. The van der Waals surface area contributed by atoms with Gasteiger partial charge in [0.2, 0.25) is 0 Å². The second-order valence-electron chi connectivity index (χ2n) is 6.13. The van der Waals surface area contributed by atoms with Crippen LogP contribution in [0, 0.1) is 11.7 Å². The standard InChI is InChI=1S/C17H22FNO/c18-14-9-7-13(8-10-14)12-19-11-3-5-16(19)15-4-1-2-6-17(15)20/h7-10,15-16H,1-6,11-12H2. The monoisotopic (exact) mass is 275 g/mol. The lowest BCUT2D eigenvalue weighted by Gasteiger charge is -2.33. The predicted octanol–water partition coefficient (Wildman–Crippen LogP) is 3.55. The number of carbonyl (C=O) groups excluding carboxylic acids is 1. The average Bonchev–Trinajstić information content (AvgIpc) is 2.90. The fourth-order valence-corrected chi connectivity index (χ4v) is 3.75. The summed E-state index contributed by atoms with van der Waals surface area (Å²) in [6, 6.07) is 7.16. The summed E-state index contributed by atoms with van der Waals surface area (Å²) in [5, 5.41) is 0. The third-order valence-corrected chi connectivity index (χ3v) is 4.78. The highest BCUT2D eigenvalue weighted by atomic mass is 19.1. The predicted molar refractivity (Wildman–Crippen MR) is 76.8 cm³/mol. The first-order valence-electron chi connectivity index (χ1n) is 7.75. The smallest absolute Gasteiger partial charge is 0.137 e. The largest absolute Gasteiger partial charge is 0.299 e. The second kappa shape index (κ2) is 6.04. The molecule has 1 saturated carbocycles. The zero-order chi connectivity index (χ0) is 13.9. The molecular weight excluding hydrogens is 253 g/mol. The SMILES string of the molecule is O=C1CCCCC1C1CCCN1Cc1ccc(F)cc1. The lowest BCUT2D eigenvalue weighted by molar-refractivity contribution is -0.126. The van der Waals surface area contributed by atoms with Crippen molar-refractivity contribution in [1.29, 1.82) is 0 Å². The minimum atomic E-state index is -0.186. The van der Waals surface area contributed by atoms with E-state index in [4.69, 9.17) is 0 Å². The molecule has 3 rings (SSSR count). The van der Waals surface area contributed by atoms with Gasteiger partial charge in [-0.05, 0) is 49.9 Å². The van der Waals surface area contributed by atoms with Crippen LogP contribution in [0.5, 0.6) is 0 Å². The highest BCUT2D eigenvalue weighted by molar-refractivity contribution is 5.82. The van der Waals surface area contributed by atoms with Gasteiger partial charge in [0.05, 0.1) is 0 Å². The first-order valence-corrected chi connectivity index (χ1v) is 7.75. The Hall–Kier alpha value is -1.22. The second-order valence-corrected chi connectivity index (χ2v) is 6.13. The van der Waals surface area contributed by atoms with Gasteiger partial charge in [-0.25, -0.2) is 4.39 Å². The summed E-state index contributed by atoms with van der Waals surface area (Å²) in [7, 11) is 0. The van der Waals surface area contributed by atoms with E-state index in [0.717, 1.165) is 44.3 Å². The normalized spacial score (nSPS) is 27.9. The third-order valence-electron chi connectivity index (χ3n) is 4.78. The molecule has 2 unspecified atom stereocenters. The Labute approximate surface area is 120 Å². The molecule has 108 valence electrons. The van der Waals surface area contributed by atoms with Crippen LogP contribution in [0.4, 0.5) is 4.39 Å². The molecule has 1 aliphatic heterocycles. The van der Waals surface area contributed by atoms with Crippen molar-refractivity contribution in [3.63, 3.8) is 0 Å². The van der Waals surface area contributed by atoms with Crippen molar-refractivity contribution in [3.8, 4) is 0 Å². The number of ketones is 1. The van der Waals surface area contributed by atoms with Gasteiger partial charge in [-0.3, -0.25) is 9.69 Å². The van der Waals surface area contributed by atoms with E-state index in [2.05, 4.69) is 4.90 Å². The maximum atomic E-state index is 13.0. The van der Waals surface area contributed by atoms with Crippen LogP contribution in [0.2, 0.25) is 0 Å². The van der Waals surface area contributed by atoms with Crippen LogP contribution in [0.25, 0.3) is 0 Å². The Bertz CT molecular complexity index is 470. The number of hydrogen-bond acceptors (Lipinski definition) is 2. The Morgan fingerprint density at radius 2 is 1.90 bits per heavy atom. The Morgan fingerprint density at radius 1 is 1.10 bits per heavy atom. The molecular formula is C17H22FNO. The summed E-state index contributed by atoms with van der Waals surface area (Å²) in [6.07, 6.45) is 6.40.